The third kappa shape index (κ3) is 4.27. The van der Waals surface area contributed by atoms with Gasteiger partial charge in [0.1, 0.15) is 0 Å². The molecular weight excluding hydrogens is 380 g/mol. The maximum Gasteiger partial charge on any atom is 0.261 e. The lowest BCUT2D eigenvalue weighted by Gasteiger charge is -2.23. The molecule has 1 fully saturated rings. The smallest absolute Gasteiger partial charge is 0.261 e. The molecule has 2 rings (SSSR count). The molecule has 116 valence electrons. The average molecular weight is 395 g/mol. The van der Waals surface area contributed by atoms with E-state index in [2.05, 4.69) is 21.2 Å². The van der Waals surface area contributed by atoms with E-state index in [0.29, 0.717) is 11.3 Å². The number of thiophene rings is 1. The summed E-state index contributed by atoms with van der Waals surface area (Å²) in [5.41, 5.74) is 0. The molecule has 0 saturated carbocycles. The number of hydrogen-bond acceptors (Lipinski definition) is 5. The molecule has 1 N–H and O–H groups in total. The highest BCUT2D eigenvalue weighted by Gasteiger charge is 2.32. The number of nitrogens with one attached hydrogen (secondary N) is 1. The van der Waals surface area contributed by atoms with Gasteiger partial charge in [-0.15, -0.1) is 11.3 Å². The highest BCUT2D eigenvalue weighted by molar-refractivity contribution is 9.11. The highest BCUT2D eigenvalue weighted by Crippen LogP contribution is 2.21. The van der Waals surface area contributed by atoms with Gasteiger partial charge < -0.3 is 10.2 Å². The summed E-state index contributed by atoms with van der Waals surface area (Å²) in [4.78, 5) is 25.7. The van der Waals surface area contributed by atoms with Crippen LogP contribution in [-0.2, 0) is 14.6 Å². The van der Waals surface area contributed by atoms with Crippen molar-refractivity contribution in [3.8, 4) is 0 Å². The van der Waals surface area contributed by atoms with Gasteiger partial charge in [0.05, 0.1) is 26.7 Å². The van der Waals surface area contributed by atoms with Gasteiger partial charge in [-0.05, 0) is 34.5 Å². The van der Waals surface area contributed by atoms with E-state index in [1.807, 2.05) is 0 Å². The number of carbonyl (C=O) groups is 2. The van der Waals surface area contributed by atoms with Gasteiger partial charge in [-0.25, -0.2) is 8.42 Å². The van der Waals surface area contributed by atoms with Crippen LogP contribution in [0.5, 0.6) is 0 Å². The summed E-state index contributed by atoms with van der Waals surface area (Å²) < 4.78 is 23.7. The van der Waals surface area contributed by atoms with Crippen molar-refractivity contribution in [1.82, 2.24) is 10.2 Å². The number of likely N-dealkylation sites (N-methyl/N-ethyl adjacent to an activating group) is 1. The van der Waals surface area contributed by atoms with Gasteiger partial charge in [0.2, 0.25) is 5.91 Å². The topological polar surface area (TPSA) is 83.6 Å². The van der Waals surface area contributed by atoms with Crippen molar-refractivity contribution >= 4 is 48.9 Å². The predicted octanol–water partition coefficient (Wildman–Crippen LogP) is 0.886. The fourth-order valence-electron chi connectivity index (χ4n) is 2.09. The van der Waals surface area contributed by atoms with E-state index in [1.165, 1.54) is 16.2 Å². The SMILES string of the molecule is CN(C(=O)CNC(=O)c1ccc(Br)s1)C1CCS(=O)(=O)C1. The predicted molar refractivity (Wildman–Crippen MR) is 84.2 cm³/mol. The number of halogens is 1. The van der Waals surface area contributed by atoms with Crippen LogP contribution < -0.4 is 5.32 Å². The van der Waals surface area contributed by atoms with E-state index in [0.717, 1.165) is 3.79 Å². The molecule has 9 heteroatoms. The maximum absolute atomic E-state index is 12.0. The van der Waals surface area contributed by atoms with E-state index >= 15 is 0 Å². The zero-order chi connectivity index (χ0) is 15.6. The molecule has 0 bridgehead atoms. The lowest BCUT2D eigenvalue weighted by molar-refractivity contribution is -0.130. The standard InChI is InChI=1S/C12H15BrN2O4S2/c1-15(8-4-5-21(18,19)7-8)11(16)6-14-12(17)9-2-3-10(13)20-9/h2-3,8H,4-7H2,1H3,(H,14,17). The second-order valence-corrected chi connectivity index (χ2v) is 9.54. The second kappa shape index (κ2) is 6.45. The minimum atomic E-state index is -3.03. The first-order chi connectivity index (χ1) is 9.78. The van der Waals surface area contributed by atoms with E-state index in [-0.39, 0.29) is 35.9 Å². The van der Waals surface area contributed by atoms with Gasteiger partial charge in [0.15, 0.2) is 9.84 Å². The summed E-state index contributed by atoms with van der Waals surface area (Å²) in [5.74, 6) is -0.487. The Kier molecular flexibility index (Phi) is 5.05. The summed E-state index contributed by atoms with van der Waals surface area (Å²) >= 11 is 4.55. The largest absolute Gasteiger partial charge is 0.342 e. The van der Waals surface area contributed by atoms with Crippen LogP contribution in [0.3, 0.4) is 0 Å². The Hall–Kier alpha value is -0.930. The zero-order valence-electron chi connectivity index (χ0n) is 11.3. The van der Waals surface area contributed by atoms with Crippen LogP contribution in [0.1, 0.15) is 16.1 Å². The Morgan fingerprint density at radius 2 is 2.19 bits per heavy atom. The Bertz CT molecular complexity index is 656. The van der Waals surface area contributed by atoms with Crippen LogP contribution >= 0.6 is 27.3 Å². The van der Waals surface area contributed by atoms with Crippen molar-refractivity contribution in [2.75, 3.05) is 25.1 Å². The summed E-state index contributed by atoms with van der Waals surface area (Å²) in [7, 11) is -1.46. The van der Waals surface area contributed by atoms with Crippen LogP contribution in [0.2, 0.25) is 0 Å². The third-order valence-electron chi connectivity index (χ3n) is 3.35. The first-order valence-electron chi connectivity index (χ1n) is 6.28. The summed E-state index contributed by atoms with van der Waals surface area (Å²) in [5, 5.41) is 2.55. The number of carbonyl (C=O) groups excluding carboxylic acids is 2. The molecule has 1 aliphatic rings. The first-order valence-corrected chi connectivity index (χ1v) is 9.71. The number of nitrogens with zero attached hydrogens (tertiary/aromatic N) is 1. The molecule has 1 aromatic rings. The average Bonchev–Trinajstić information content (AvgIpc) is 3.00. The minimum Gasteiger partial charge on any atom is -0.342 e. The Labute approximate surface area is 135 Å². The molecule has 6 nitrogen and oxygen atoms in total. The van der Waals surface area contributed by atoms with Gasteiger partial charge in [-0.2, -0.15) is 0 Å². The van der Waals surface area contributed by atoms with E-state index < -0.39 is 9.84 Å². The Balaban J connectivity index is 1.86. The molecule has 0 spiro atoms. The second-order valence-electron chi connectivity index (χ2n) is 4.85. The summed E-state index contributed by atoms with van der Waals surface area (Å²) in [6.07, 6.45) is 0.455. The van der Waals surface area contributed by atoms with Crippen LogP contribution in [0.4, 0.5) is 0 Å². The van der Waals surface area contributed by atoms with Crippen LogP contribution in [-0.4, -0.2) is 56.3 Å². The van der Waals surface area contributed by atoms with E-state index in [9.17, 15) is 18.0 Å². The molecule has 2 amide bonds. The minimum absolute atomic E-state index is 0.00105. The molecule has 21 heavy (non-hydrogen) atoms. The van der Waals surface area contributed by atoms with Crippen molar-refractivity contribution < 1.29 is 18.0 Å². The molecule has 1 atom stereocenters. The van der Waals surface area contributed by atoms with Crippen molar-refractivity contribution in [2.45, 2.75) is 12.5 Å². The van der Waals surface area contributed by atoms with Crippen molar-refractivity contribution in [3.63, 3.8) is 0 Å². The van der Waals surface area contributed by atoms with Crippen LogP contribution in [0, 0.1) is 0 Å². The summed E-state index contributed by atoms with van der Waals surface area (Å²) in [6.45, 7) is -0.137. The molecular formula is C12H15BrN2O4S2. The number of rotatable bonds is 4. The summed E-state index contributed by atoms with van der Waals surface area (Å²) in [6, 6.07) is 3.13. The van der Waals surface area contributed by atoms with E-state index in [1.54, 1.807) is 19.2 Å². The van der Waals surface area contributed by atoms with Gasteiger partial charge in [0.25, 0.3) is 5.91 Å². The van der Waals surface area contributed by atoms with Crippen LogP contribution in [0.25, 0.3) is 0 Å². The van der Waals surface area contributed by atoms with Crippen molar-refractivity contribution in [2.24, 2.45) is 0 Å². The quantitative estimate of drug-likeness (QED) is 0.821. The molecule has 1 saturated heterocycles. The first kappa shape index (κ1) is 16.4. The molecule has 1 aromatic heterocycles. The van der Waals surface area contributed by atoms with Crippen LogP contribution in [0.15, 0.2) is 15.9 Å². The molecule has 1 aliphatic heterocycles. The lowest BCUT2D eigenvalue weighted by atomic mass is 10.2. The molecule has 0 radical (unpaired) electrons. The molecule has 2 heterocycles. The monoisotopic (exact) mass is 394 g/mol. The Morgan fingerprint density at radius 3 is 2.71 bits per heavy atom. The maximum atomic E-state index is 12.0. The highest BCUT2D eigenvalue weighted by atomic mass is 79.9. The lowest BCUT2D eigenvalue weighted by Crippen LogP contribution is -2.43. The number of hydrogen-bond donors (Lipinski definition) is 1. The number of amides is 2. The van der Waals surface area contributed by atoms with Crippen molar-refractivity contribution in [3.05, 3.63) is 20.8 Å². The zero-order valence-corrected chi connectivity index (χ0v) is 14.6. The fourth-order valence-corrected chi connectivity index (χ4v) is 5.17. The van der Waals surface area contributed by atoms with Gasteiger partial charge in [0, 0.05) is 13.1 Å². The Morgan fingerprint density at radius 1 is 1.48 bits per heavy atom. The third-order valence-corrected chi connectivity index (χ3v) is 6.72. The van der Waals surface area contributed by atoms with Crippen molar-refractivity contribution in [1.29, 1.82) is 0 Å². The number of sulfone groups is 1. The van der Waals surface area contributed by atoms with Gasteiger partial charge >= 0.3 is 0 Å². The van der Waals surface area contributed by atoms with Gasteiger partial charge in [-0.3, -0.25) is 9.59 Å². The normalized spacial score (nSPS) is 20.2. The molecule has 0 aliphatic carbocycles. The molecule has 0 aromatic carbocycles. The van der Waals surface area contributed by atoms with E-state index in [4.69, 9.17) is 0 Å². The molecule has 1 unspecified atom stereocenters. The fraction of sp³-hybridized carbons (Fsp3) is 0.500. The van der Waals surface area contributed by atoms with Gasteiger partial charge in [-0.1, -0.05) is 0 Å².